The van der Waals surface area contributed by atoms with Gasteiger partial charge in [-0.2, -0.15) is 0 Å². The van der Waals surface area contributed by atoms with Crippen molar-refractivity contribution in [2.45, 2.75) is 19.5 Å². The Bertz CT molecular complexity index is 1140. The highest BCUT2D eigenvalue weighted by Crippen LogP contribution is 2.21. The normalized spacial score (nSPS) is 11.4. The number of nitrogens with zero attached hydrogens (tertiary/aromatic N) is 2. The topological polar surface area (TPSA) is 82.4 Å². The van der Waals surface area contributed by atoms with Gasteiger partial charge < -0.3 is 14.5 Å². The van der Waals surface area contributed by atoms with E-state index in [2.05, 4.69) is 27.0 Å². The maximum absolute atomic E-state index is 11.1. The Balaban J connectivity index is 1.53. The molecule has 0 aliphatic rings. The molecule has 2 aromatic heterocycles. The molecule has 0 fully saturated rings. The van der Waals surface area contributed by atoms with Gasteiger partial charge in [-0.1, -0.05) is 48.0 Å². The Kier molecular flexibility index (Phi) is 5.64. The molecule has 2 heterocycles. The fourth-order valence-corrected chi connectivity index (χ4v) is 3.57. The lowest BCUT2D eigenvalue weighted by molar-refractivity contribution is 0.0690. The number of rotatable bonds is 8. The van der Waals surface area contributed by atoms with E-state index in [1.807, 2.05) is 42.6 Å². The molecule has 0 amide bonds. The van der Waals surface area contributed by atoms with Gasteiger partial charge in [0, 0.05) is 35.2 Å². The van der Waals surface area contributed by atoms with E-state index >= 15 is 0 Å². The molecule has 0 bridgehead atoms. The van der Waals surface area contributed by atoms with Crippen molar-refractivity contribution in [1.82, 2.24) is 14.9 Å². The average molecular weight is 410 g/mol. The zero-order chi connectivity index (χ0) is 20.2. The number of oxazole rings is 1. The van der Waals surface area contributed by atoms with E-state index in [1.165, 1.54) is 17.2 Å². The number of hydrogen-bond donors (Lipinski definition) is 2. The molecule has 2 aromatic carbocycles. The fourth-order valence-electron chi connectivity index (χ4n) is 3.37. The third-order valence-corrected chi connectivity index (χ3v) is 5.22. The Labute approximate surface area is 172 Å². The summed E-state index contributed by atoms with van der Waals surface area (Å²) in [7, 11) is 0. The van der Waals surface area contributed by atoms with Crippen LogP contribution in [0.2, 0.25) is 5.02 Å². The molecular formula is C22H20ClN3O3. The van der Waals surface area contributed by atoms with Crippen LogP contribution in [0.5, 0.6) is 0 Å². The molecule has 0 unspecified atom stereocenters. The number of hydrogen-bond acceptors (Lipinski definition) is 4. The van der Waals surface area contributed by atoms with Crippen molar-refractivity contribution in [3.05, 3.63) is 88.7 Å². The number of aromatic amines is 1. The van der Waals surface area contributed by atoms with Crippen molar-refractivity contribution in [3.8, 4) is 0 Å². The van der Waals surface area contributed by atoms with E-state index in [0.717, 1.165) is 24.0 Å². The van der Waals surface area contributed by atoms with Crippen LogP contribution in [0.25, 0.3) is 10.9 Å². The summed E-state index contributed by atoms with van der Waals surface area (Å²) in [6.45, 7) is 1.73. The summed E-state index contributed by atoms with van der Waals surface area (Å²) >= 11 is 6.35. The van der Waals surface area contributed by atoms with E-state index in [0.29, 0.717) is 24.0 Å². The molecule has 4 rings (SSSR count). The van der Waals surface area contributed by atoms with E-state index in [-0.39, 0.29) is 5.69 Å². The zero-order valence-corrected chi connectivity index (χ0v) is 16.4. The van der Waals surface area contributed by atoms with Gasteiger partial charge in [0.25, 0.3) is 0 Å². The second-order valence-electron chi connectivity index (χ2n) is 6.84. The minimum atomic E-state index is -1.10. The van der Waals surface area contributed by atoms with Crippen molar-refractivity contribution in [1.29, 1.82) is 0 Å². The van der Waals surface area contributed by atoms with Crippen LogP contribution < -0.4 is 0 Å². The predicted molar refractivity (Wildman–Crippen MR) is 111 cm³/mol. The molecule has 0 atom stereocenters. The van der Waals surface area contributed by atoms with Gasteiger partial charge in [-0.05, 0) is 29.7 Å². The average Bonchev–Trinajstić information content (AvgIpc) is 3.35. The largest absolute Gasteiger partial charge is 0.476 e. The number of carboxylic acid groups (broad SMARTS) is 1. The Morgan fingerprint density at radius 3 is 2.69 bits per heavy atom. The number of H-pyrrole nitrogens is 1. The number of para-hydroxylation sites is 1. The molecule has 0 radical (unpaired) electrons. The SMILES string of the molecule is O=C(O)c1coc(CN(CCc2c[nH]c3ccccc23)Cc2ccccc2Cl)n1. The van der Waals surface area contributed by atoms with Crippen molar-refractivity contribution in [2.24, 2.45) is 0 Å². The van der Waals surface area contributed by atoms with Crippen LogP contribution in [0.3, 0.4) is 0 Å². The number of carbonyl (C=O) groups is 1. The summed E-state index contributed by atoms with van der Waals surface area (Å²) in [4.78, 5) is 20.6. The van der Waals surface area contributed by atoms with Crippen molar-refractivity contribution in [3.63, 3.8) is 0 Å². The van der Waals surface area contributed by atoms with Gasteiger partial charge in [0.15, 0.2) is 5.69 Å². The molecule has 6 nitrogen and oxygen atoms in total. The fraction of sp³-hybridized carbons (Fsp3) is 0.182. The van der Waals surface area contributed by atoms with E-state index in [1.54, 1.807) is 0 Å². The van der Waals surface area contributed by atoms with Gasteiger partial charge in [0.05, 0.1) is 6.54 Å². The summed E-state index contributed by atoms with van der Waals surface area (Å²) in [5.74, 6) is -0.732. The minimum Gasteiger partial charge on any atom is -0.476 e. The standard InChI is InChI=1S/C22H20ClN3O3/c23-18-7-3-1-5-16(18)12-26(13-21-25-20(14-29-21)22(27)28)10-9-15-11-24-19-8-4-2-6-17(15)19/h1-8,11,14,24H,9-10,12-13H2,(H,27,28). The van der Waals surface area contributed by atoms with E-state index in [9.17, 15) is 4.79 Å². The number of aromatic nitrogens is 2. The van der Waals surface area contributed by atoms with E-state index in [4.69, 9.17) is 21.1 Å². The molecule has 4 aromatic rings. The second kappa shape index (κ2) is 8.51. The molecule has 0 aliphatic heterocycles. The number of halogens is 1. The van der Waals surface area contributed by atoms with Gasteiger partial charge in [-0.15, -0.1) is 0 Å². The lowest BCUT2D eigenvalue weighted by atomic mass is 10.1. The molecule has 0 aliphatic carbocycles. The van der Waals surface area contributed by atoms with Crippen molar-refractivity contribution < 1.29 is 14.3 Å². The van der Waals surface area contributed by atoms with Crippen molar-refractivity contribution in [2.75, 3.05) is 6.54 Å². The molecule has 0 spiro atoms. The van der Waals surface area contributed by atoms with Gasteiger partial charge >= 0.3 is 5.97 Å². The van der Waals surface area contributed by atoms with Gasteiger partial charge in [-0.25, -0.2) is 9.78 Å². The minimum absolute atomic E-state index is 0.0886. The maximum atomic E-state index is 11.1. The van der Waals surface area contributed by atoms with E-state index < -0.39 is 5.97 Å². The maximum Gasteiger partial charge on any atom is 0.357 e. The van der Waals surface area contributed by atoms with Crippen LogP contribution in [0, 0.1) is 0 Å². The summed E-state index contributed by atoms with van der Waals surface area (Å²) < 4.78 is 5.36. The number of carboxylic acids is 1. The summed E-state index contributed by atoms with van der Waals surface area (Å²) in [6, 6.07) is 15.9. The number of benzene rings is 2. The molecule has 29 heavy (non-hydrogen) atoms. The summed E-state index contributed by atoms with van der Waals surface area (Å²) in [5, 5.41) is 11.0. The molecule has 0 saturated carbocycles. The second-order valence-corrected chi connectivity index (χ2v) is 7.25. The number of nitrogens with one attached hydrogen (secondary N) is 1. The Hall–Kier alpha value is -3.09. The Morgan fingerprint density at radius 1 is 1.10 bits per heavy atom. The first kappa shape index (κ1) is 19.2. The zero-order valence-electron chi connectivity index (χ0n) is 15.6. The van der Waals surface area contributed by atoms with Gasteiger partial charge in [0.2, 0.25) is 5.89 Å². The summed E-state index contributed by atoms with van der Waals surface area (Å²) in [6.07, 6.45) is 4.03. The predicted octanol–water partition coefficient (Wildman–Crippen LogP) is 4.75. The number of fused-ring (bicyclic) bond motifs is 1. The molecule has 2 N–H and O–H groups in total. The smallest absolute Gasteiger partial charge is 0.357 e. The first-order chi connectivity index (χ1) is 14.1. The van der Waals surface area contributed by atoms with Crippen LogP contribution in [0.1, 0.15) is 27.5 Å². The highest BCUT2D eigenvalue weighted by atomic mass is 35.5. The molecule has 7 heteroatoms. The lowest BCUT2D eigenvalue weighted by Crippen LogP contribution is -2.25. The van der Waals surface area contributed by atoms with Gasteiger partial charge in [-0.3, -0.25) is 4.90 Å². The third kappa shape index (κ3) is 4.50. The Morgan fingerprint density at radius 2 is 1.90 bits per heavy atom. The van der Waals surface area contributed by atoms with Crippen LogP contribution in [-0.4, -0.2) is 32.5 Å². The van der Waals surface area contributed by atoms with Crippen LogP contribution in [0.4, 0.5) is 0 Å². The number of aromatic carboxylic acids is 1. The highest BCUT2D eigenvalue weighted by Gasteiger charge is 2.16. The van der Waals surface area contributed by atoms with Crippen LogP contribution in [0.15, 0.2) is 65.4 Å². The van der Waals surface area contributed by atoms with Crippen molar-refractivity contribution >= 4 is 28.5 Å². The molecule has 148 valence electrons. The first-order valence-corrected chi connectivity index (χ1v) is 9.66. The summed E-state index contributed by atoms with van der Waals surface area (Å²) in [5.41, 5.74) is 3.25. The molecule has 0 saturated heterocycles. The third-order valence-electron chi connectivity index (χ3n) is 4.85. The quantitative estimate of drug-likeness (QED) is 0.438. The van der Waals surface area contributed by atoms with Crippen LogP contribution >= 0.6 is 11.6 Å². The first-order valence-electron chi connectivity index (χ1n) is 9.28. The highest BCUT2D eigenvalue weighted by molar-refractivity contribution is 6.31. The van der Waals surface area contributed by atoms with Gasteiger partial charge in [0.1, 0.15) is 6.26 Å². The monoisotopic (exact) mass is 409 g/mol. The lowest BCUT2D eigenvalue weighted by Gasteiger charge is -2.21. The molecular weight excluding hydrogens is 390 g/mol. The van der Waals surface area contributed by atoms with Crippen LogP contribution in [-0.2, 0) is 19.5 Å².